The maximum atomic E-state index is 12.6. The van der Waals surface area contributed by atoms with Crippen LogP contribution in [0.2, 0.25) is 18.1 Å². The first-order chi connectivity index (χ1) is 18.9. The molecule has 1 aliphatic carbocycles. The first kappa shape index (κ1) is 31.0. The quantitative estimate of drug-likeness (QED) is 0.198. The van der Waals surface area contributed by atoms with Crippen molar-refractivity contribution < 1.29 is 33.3 Å². The van der Waals surface area contributed by atoms with Gasteiger partial charge in [-0.3, -0.25) is 0 Å². The second kappa shape index (κ2) is 15.3. The molecule has 2 aromatic rings. The molecule has 3 rings (SSSR count). The van der Waals surface area contributed by atoms with E-state index in [4.69, 9.17) is 23.4 Å². The molecule has 7 nitrogen and oxygen atoms in total. The molecule has 0 radical (unpaired) electrons. The van der Waals surface area contributed by atoms with Crippen molar-refractivity contribution in [1.29, 1.82) is 0 Å². The van der Waals surface area contributed by atoms with Gasteiger partial charge in [0.25, 0.3) is 0 Å². The van der Waals surface area contributed by atoms with E-state index in [1.807, 2.05) is 66.7 Å². The monoisotopic (exact) mass is 556 g/mol. The third-order valence-corrected chi connectivity index (χ3v) is 12.5. The van der Waals surface area contributed by atoms with E-state index in [-0.39, 0.29) is 18.6 Å². The third kappa shape index (κ3) is 8.25. The molecule has 1 N–H and O–H groups in total. The summed E-state index contributed by atoms with van der Waals surface area (Å²) in [5.41, 5.74) is 1.88. The summed E-state index contributed by atoms with van der Waals surface area (Å²) >= 11 is 0. The van der Waals surface area contributed by atoms with Crippen molar-refractivity contribution >= 4 is 14.3 Å². The van der Waals surface area contributed by atoms with E-state index >= 15 is 0 Å². The van der Waals surface area contributed by atoms with Crippen LogP contribution in [0.1, 0.15) is 31.9 Å². The Morgan fingerprint density at radius 2 is 1.54 bits per heavy atom. The predicted octanol–water partition coefficient (Wildman–Crippen LogP) is 6.09. The molecule has 0 unspecified atom stereocenters. The Hall–Kier alpha value is -2.49. The summed E-state index contributed by atoms with van der Waals surface area (Å²) in [6, 6.07) is 20.4. The maximum absolute atomic E-state index is 12.6. The Balaban J connectivity index is 1.91. The highest BCUT2D eigenvalue weighted by Crippen LogP contribution is 2.37. The predicted molar refractivity (Wildman–Crippen MR) is 154 cm³/mol. The van der Waals surface area contributed by atoms with E-state index in [1.165, 1.54) is 0 Å². The average Bonchev–Trinajstić information content (AvgIpc) is 2.97. The van der Waals surface area contributed by atoms with Gasteiger partial charge >= 0.3 is 5.97 Å². The molecule has 39 heavy (non-hydrogen) atoms. The third-order valence-electron chi connectivity index (χ3n) is 7.89. The Labute approximate surface area is 234 Å². The fourth-order valence-electron chi connectivity index (χ4n) is 5.29. The largest absolute Gasteiger partial charge is 0.497 e. The molecule has 0 aromatic heterocycles. The Morgan fingerprint density at radius 1 is 0.897 bits per heavy atom. The fourth-order valence-corrected chi connectivity index (χ4v) is 8.12. The number of aliphatic carboxylic acids is 1. The molecule has 2 aromatic carbocycles. The summed E-state index contributed by atoms with van der Waals surface area (Å²) in [6.07, 6.45) is 2.15. The second-order valence-electron chi connectivity index (χ2n) is 10.1. The summed E-state index contributed by atoms with van der Waals surface area (Å²) in [7, 11) is 1.32. The molecule has 8 heteroatoms. The van der Waals surface area contributed by atoms with E-state index in [1.54, 1.807) is 14.2 Å². The number of hydrogen-bond donors (Lipinski definition) is 1. The van der Waals surface area contributed by atoms with Gasteiger partial charge in [-0.15, -0.1) is 0 Å². The molecule has 0 heterocycles. The molecule has 1 aliphatic rings. The van der Waals surface area contributed by atoms with Crippen molar-refractivity contribution in [3.63, 3.8) is 0 Å². The zero-order chi connectivity index (χ0) is 28.3. The van der Waals surface area contributed by atoms with E-state index in [2.05, 4.69) is 20.8 Å². The Bertz CT molecular complexity index is 1010. The van der Waals surface area contributed by atoms with Crippen LogP contribution in [0.3, 0.4) is 0 Å². The lowest BCUT2D eigenvalue weighted by Gasteiger charge is -2.44. The van der Waals surface area contributed by atoms with Crippen LogP contribution in [0.15, 0.2) is 66.7 Å². The standard InChI is InChI=1S/C31H44O7Si/c1-6-39(7-2,8-3)38-28-19-18-26(29(27(28)22-34-4)36-20-23-12-10-9-11-13-23)30(31(32)33)37-21-24-14-16-25(35-5)17-15-24/h9-19,26-30H,6-8,20-22H2,1-5H3,(H,32,33)/t26-,27-,28-,29+,30+/m0/s1. The van der Waals surface area contributed by atoms with Crippen LogP contribution in [-0.4, -0.2) is 58.5 Å². The number of rotatable bonds is 16. The van der Waals surface area contributed by atoms with Crippen LogP contribution in [0, 0.1) is 11.8 Å². The Kier molecular flexibility index (Phi) is 12.2. The highest BCUT2D eigenvalue weighted by atomic mass is 28.4. The number of ether oxygens (including phenoxy) is 4. The van der Waals surface area contributed by atoms with Gasteiger partial charge in [-0.05, 0) is 41.4 Å². The van der Waals surface area contributed by atoms with Crippen molar-refractivity contribution in [3.8, 4) is 5.75 Å². The molecule has 0 spiro atoms. The van der Waals surface area contributed by atoms with Crippen LogP contribution in [-0.2, 0) is 36.6 Å². The SMILES string of the molecule is CC[Si](CC)(CC)O[C@H]1C=C[C@H]([C@@H](OCc2ccc(OC)cc2)C(=O)O)[C@@H](OCc2ccccc2)[C@H]1COC. The first-order valence-corrected chi connectivity index (χ1v) is 16.4. The number of carboxylic acids is 1. The van der Waals surface area contributed by atoms with Gasteiger partial charge in [-0.2, -0.15) is 0 Å². The lowest BCUT2D eigenvalue weighted by atomic mass is 9.79. The molecule has 0 amide bonds. The van der Waals surface area contributed by atoms with Crippen molar-refractivity contribution in [3.05, 3.63) is 77.9 Å². The first-order valence-electron chi connectivity index (χ1n) is 13.9. The minimum atomic E-state index is -1.95. The van der Waals surface area contributed by atoms with Gasteiger partial charge in [0, 0.05) is 18.9 Å². The van der Waals surface area contributed by atoms with Crippen LogP contribution >= 0.6 is 0 Å². The summed E-state index contributed by atoms with van der Waals surface area (Å²) < 4.78 is 30.4. The van der Waals surface area contributed by atoms with Crippen LogP contribution < -0.4 is 4.74 Å². The van der Waals surface area contributed by atoms with Gasteiger partial charge in [-0.25, -0.2) is 4.79 Å². The second-order valence-corrected chi connectivity index (χ2v) is 14.8. The zero-order valence-corrected chi connectivity index (χ0v) is 24.9. The van der Waals surface area contributed by atoms with Crippen LogP contribution in [0.4, 0.5) is 0 Å². The minimum absolute atomic E-state index is 0.156. The lowest BCUT2D eigenvalue weighted by molar-refractivity contribution is -0.165. The minimum Gasteiger partial charge on any atom is -0.497 e. The lowest BCUT2D eigenvalue weighted by Crippen LogP contribution is -2.53. The van der Waals surface area contributed by atoms with E-state index in [9.17, 15) is 9.90 Å². The Morgan fingerprint density at radius 3 is 2.10 bits per heavy atom. The smallest absolute Gasteiger partial charge is 0.333 e. The molecule has 214 valence electrons. The fraction of sp³-hybridized carbons (Fsp3) is 0.516. The molecular formula is C31H44O7Si. The summed E-state index contributed by atoms with van der Waals surface area (Å²) in [4.78, 5) is 12.6. The normalized spacial score (nSPS) is 22.0. The molecule has 0 fully saturated rings. The highest BCUT2D eigenvalue weighted by molar-refractivity contribution is 6.73. The molecule has 5 atom stereocenters. The van der Waals surface area contributed by atoms with E-state index in [0.717, 1.165) is 35.0 Å². The van der Waals surface area contributed by atoms with E-state index in [0.29, 0.717) is 13.2 Å². The number of methoxy groups -OCH3 is 2. The number of hydrogen-bond acceptors (Lipinski definition) is 6. The van der Waals surface area contributed by atoms with Gasteiger partial charge in [0.05, 0.1) is 39.1 Å². The van der Waals surface area contributed by atoms with E-state index < -0.39 is 32.4 Å². The van der Waals surface area contributed by atoms with Crippen molar-refractivity contribution in [2.75, 3.05) is 20.8 Å². The zero-order valence-electron chi connectivity index (χ0n) is 23.9. The van der Waals surface area contributed by atoms with Gasteiger partial charge in [0.2, 0.25) is 0 Å². The molecule has 0 bridgehead atoms. The van der Waals surface area contributed by atoms with Crippen LogP contribution in [0.5, 0.6) is 5.75 Å². The van der Waals surface area contributed by atoms with Crippen molar-refractivity contribution in [2.24, 2.45) is 11.8 Å². The van der Waals surface area contributed by atoms with Crippen molar-refractivity contribution in [1.82, 2.24) is 0 Å². The number of carboxylic acid groups (broad SMARTS) is 1. The maximum Gasteiger partial charge on any atom is 0.333 e. The van der Waals surface area contributed by atoms with Crippen LogP contribution in [0.25, 0.3) is 0 Å². The average molecular weight is 557 g/mol. The topological polar surface area (TPSA) is 83.5 Å². The number of benzene rings is 2. The highest BCUT2D eigenvalue weighted by Gasteiger charge is 2.46. The van der Waals surface area contributed by atoms with Gasteiger partial charge in [0.15, 0.2) is 14.4 Å². The summed E-state index contributed by atoms with van der Waals surface area (Å²) in [5, 5.41) is 10.3. The molecule has 0 saturated carbocycles. The summed E-state index contributed by atoms with van der Waals surface area (Å²) in [5.74, 6) is -0.999. The number of carbonyl (C=O) groups is 1. The summed E-state index contributed by atoms with van der Waals surface area (Å²) in [6.45, 7) is 7.51. The molecule has 0 aliphatic heterocycles. The van der Waals surface area contributed by atoms with Gasteiger partial charge in [0.1, 0.15) is 5.75 Å². The van der Waals surface area contributed by atoms with Gasteiger partial charge < -0.3 is 28.5 Å². The van der Waals surface area contributed by atoms with Gasteiger partial charge in [-0.1, -0.05) is 75.4 Å². The van der Waals surface area contributed by atoms with Crippen molar-refractivity contribution in [2.45, 2.75) is 70.4 Å². The molecule has 0 saturated heterocycles. The molecular weight excluding hydrogens is 512 g/mol.